The summed E-state index contributed by atoms with van der Waals surface area (Å²) in [5, 5.41) is 5.99. The van der Waals surface area contributed by atoms with Gasteiger partial charge in [-0.15, -0.1) is 0 Å². The predicted octanol–water partition coefficient (Wildman–Crippen LogP) is 1.63. The number of anilines is 1. The van der Waals surface area contributed by atoms with Gasteiger partial charge in [-0.05, 0) is 30.5 Å². The van der Waals surface area contributed by atoms with Gasteiger partial charge in [-0.3, -0.25) is 14.6 Å². The number of rotatable bonds is 7. The molecule has 7 nitrogen and oxygen atoms in total. The van der Waals surface area contributed by atoms with Crippen LogP contribution >= 0.6 is 0 Å². The fourth-order valence-corrected chi connectivity index (χ4v) is 3.22. The number of likely N-dealkylation sites (tertiary alicyclic amines) is 1. The van der Waals surface area contributed by atoms with E-state index in [1.807, 2.05) is 0 Å². The summed E-state index contributed by atoms with van der Waals surface area (Å²) in [6.07, 6.45) is 6.60. The summed E-state index contributed by atoms with van der Waals surface area (Å²) in [6.45, 7) is 2.08. The molecule has 1 aromatic carbocycles. The number of nitrogens with one attached hydrogen (secondary N) is 2. The average Bonchev–Trinajstić information content (AvgIpc) is 2.73. The molecule has 0 unspecified atom stereocenters. The number of hydrogen-bond acceptors (Lipinski definition) is 5. The molecule has 2 heterocycles. The molecule has 28 heavy (non-hydrogen) atoms. The highest BCUT2D eigenvalue weighted by atomic mass is 19.1. The Labute approximate surface area is 163 Å². The van der Waals surface area contributed by atoms with Gasteiger partial charge in [0.05, 0.1) is 18.5 Å². The van der Waals surface area contributed by atoms with E-state index < -0.39 is 0 Å². The van der Waals surface area contributed by atoms with E-state index in [1.54, 1.807) is 35.6 Å². The standard InChI is InChI=1S/C20H24FN5O2/c21-17-5-3-15(4-6-17)12-19(27)26-11-1-2-16(14-26)20(28)25-10-9-24-18-13-22-7-8-23-18/h3-8,13,16H,1-2,9-12,14H2,(H,23,24)(H,25,28)/t16-/m0/s1. The van der Waals surface area contributed by atoms with Crippen molar-refractivity contribution in [1.82, 2.24) is 20.2 Å². The lowest BCUT2D eigenvalue weighted by atomic mass is 9.96. The van der Waals surface area contributed by atoms with Crippen LogP contribution in [0.4, 0.5) is 10.2 Å². The number of piperidine rings is 1. The molecule has 1 fully saturated rings. The number of amides is 2. The van der Waals surface area contributed by atoms with E-state index in [0.29, 0.717) is 32.0 Å². The SMILES string of the molecule is O=C(NCCNc1cnccn1)[C@H]1CCCN(C(=O)Cc2ccc(F)cc2)C1. The number of aromatic nitrogens is 2. The summed E-state index contributed by atoms with van der Waals surface area (Å²) in [5.74, 6) is 0.0581. The number of benzene rings is 1. The number of nitrogens with zero attached hydrogens (tertiary/aromatic N) is 3. The first-order valence-corrected chi connectivity index (χ1v) is 9.41. The van der Waals surface area contributed by atoms with Crippen molar-refractivity contribution >= 4 is 17.6 Å². The van der Waals surface area contributed by atoms with E-state index in [1.165, 1.54) is 12.1 Å². The fraction of sp³-hybridized carbons (Fsp3) is 0.400. The van der Waals surface area contributed by atoms with Crippen molar-refractivity contribution in [1.29, 1.82) is 0 Å². The van der Waals surface area contributed by atoms with Crippen LogP contribution < -0.4 is 10.6 Å². The van der Waals surface area contributed by atoms with Crippen molar-refractivity contribution < 1.29 is 14.0 Å². The molecule has 0 spiro atoms. The van der Waals surface area contributed by atoms with Crippen LogP contribution in [0.5, 0.6) is 0 Å². The van der Waals surface area contributed by atoms with Gasteiger partial charge >= 0.3 is 0 Å². The van der Waals surface area contributed by atoms with Gasteiger partial charge in [-0.1, -0.05) is 12.1 Å². The Morgan fingerprint density at radius 1 is 1.18 bits per heavy atom. The molecule has 8 heteroatoms. The molecule has 1 aliphatic rings. The first kappa shape index (κ1) is 19.7. The summed E-state index contributed by atoms with van der Waals surface area (Å²) < 4.78 is 13.0. The van der Waals surface area contributed by atoms with E-state index in [4.69, 9.17) is 0 Å². The van der Waals surface area contributed by atoms with Gasteiger partial charge in [0.15, 0.2) is 0 Å². The third-order valence-electron chi connectivity index (χ3n) is 4.71. The lowest BCUT2D eigenvalue weighted by Gasteiger charge is -2.32. The number of carbonyl (C=O) groups is 2. The van der Waals surface area contributed by atoms with Crippen LogP contribution in [0.15, 0.2) is 42.9 Å². The lowest BCUT2D eigenvalue weighted by Crippen LogP contribution is -2.46. The van der Waals surface area contributed by atoms with Crippen molar-refractivity contribution in [3.8, 4) is 0 Å². The maximum absolute atomic E-state index is 13.0. The molecule has 3 rings (SSSR count). The van der Waals surface area contributed by atoms with Gasteiger partial charge in [0, 0.05) is 38.6 Å². The molecule has 1 aliphatic heterocycles. The van der Waals surface area contributed by atoms with Crippen molar-refractivity contribution in [2.45, 2.75) is 19.3 Å². The van der Waals surface area contributed by atoms with E-state index in [9.17, 15) is 14.0 Å². The molecule has 1 atom stereocenters. The largest absolute Gasteiger partial charge is 0.367 e. The topological polar surface area (TPSA) is 87.2 Å². The molecule has 0 radical (unpaired) electrons. The van der Waals surface area contributed by atoms with Gasteiger partial charge in [-0.2, -0.15) is 0 Å². The van der Waals surface area contributed by atoms with E-state index >= 15 is 0 Å². The van der Waals surface area contributed by atoms with Crippen LogP contribution in [0.1, 0.15) is 18.4 Å². The number of hydrogen-bond donors (Lipinski definition) is 2. The van der Waals surface area contributed by atoms with Crippen LogP contribution in [0.2, 0.25) is 0 Å². The maximum atomic E-state index is 13.0. The Bertz CT molecular complexity index is 785. The fourth-order valence-electron chi connectivity index (χ4n) is 3.22. The third kappa shape index (κ3) is 5.73. The highest BCUT2D eigenvalue weighted by molar-refractivity contribution is 5.82. The second-order valence-corrected chi connectivity index (χ2v) is 6.79. The zero-order valence-corrected chi connectivity index (χ0v) is 15.6. The van der Waals surface area contributed by atoms with Gasteiger partial charge in [-0.25, -0.2) is 9.37 Å². The molecule has 2 aromatic rings. The first-order chi connectivity index (χ1) is 13.6. The molecule has 0 bridgehead atoms. The van der Waals surface area contributed by atoms with Crippen molar-refractivity contribution in [3.05, 3.63) is 54.2 Å². The van der Waals surface area contributed by atoms with Crippen molar-refractivity contribution in [3.63, 3.8) is 0 Å². The molecule has 148 valence electrons. The zero-order chi connectivity index (χ0) is 19.8. The Balaban J connectivity index is 1.42. The summed E-state index contributed by atoms with van der Waals surface area (Å²) in [5.41, 5.74) is 0.771. The van der Waals surface area contributed by atoms with E-state index in [-0.39, 0.29) is 30.0 Å². The van der Waals surface area contributed by atoms with Crippen LogP contribution in [0, 0.1) is 11.7 Å². The normalized spacial score (nSPS) is 16.5. The molecule has 2 N–H and O–H groups in total. The van der Waals surface area contributed by atoms with Gasteiger partial charge in [0.2, 0.25) is 11.8 Å². The van der Waals surface area contributed by atoms with E-state index in [2.05, 4.69) is 20.6 Å². The third-order valence-corrected chi connectivity index (χ3v) is 4.71. The van der Waals surface area contributed by atoms with Gasteiger partial charge in [0.25, 0.3) is 0 Å². The Morgan fingerprint density at radius 2 is 2.00 bits per heavy atom. The minimum atomic E-state index is -0.320. The molecule has 0 saturated carbocycles. The highest BCUT2D eigenvalue weighted by Gasteiger charge is 2.28. The zero-order valence-electron chi connectivity index (χ0n) is 15.6. The smallest absolute Gasteiger partial charge is 0.227 e. The second kappa shape index (κ2) is 9.77. The highest BCUT2D eigenvalue weighted by Crippen LogP contribution is 2.18. The molecule has 0 aliphatic carbocycles. The number of carbonyl (C=O) groups excluding carboxylic acids is 2. The molecular weight excluding hydrogens is 361 g/mol. The van der Waals surface area contributed by atoms with Crippen LogP contribution in [-0.4, -0.2) is 52.9 Å². The molecule has 2 amide bonds. The summed E-state index contributed by atoms with van der Waals surface area (Å²) in [7, 11) is 0. The van der Waals surface area contributed by atoms with Gasteiger partial charge < -0.3 is 15.5 Å². The Morgan fingerprint density at radius 3 is 2.75 bits per heavy atom. The summed E-state index contributed by atoms with van der Waals surface area (Å²) in [6, 6.07) is 5.94. The van der Waals surface area contributed by atoms with Crippen LogP contribution in [-0.2, 0) is 16.0 Å². The van der Waals surface area contributed by atoms with E-state index in [0.717, 1.165) is 18.4 Å². The minimum Gasteiger partial charge on any atom is -0.367 e. The molecule has 1 saturated heterocycles. The molecule has 1 aromatic heterocycles. The predicted molar refractivity (Wildman–Crippen MR) is 103 cm³/mol. The van der Waals surface area contributed by atoms with Crippen LogP contribution in [0.3, 0.4) is 0 Å². The minimum absolute atomic E-state index is 0.0339. The Hall–Kier alpha value is -3.03. The maximum Gasteiger partial charge on any atom is 0.227 e. The van der Waals surface area contributed by atoms with Gasteiger partial charge in [0.1, 0.15) is 11.6 Å². The van der Waals surface area contributed by atoms with Crippen molar-refractivity contribution in [2.75, 3.05) is 31.5 Å². The summed E-state index contributed by atoms with van der Waals surface area (Å²) in [4.78, 5) is 34.7. The monoisotopic (exact) mass is 385 g/mol. The van der Waals surface area contributed by atoms with Crippen molar-refractivity contribution in [2.24, 2.45) is 5.92 Å². The quantitative estimate of drug-likeness (QED) is 0.708. The Kier molecular flexibility index (Phi) is 6.89. The summed E-state index contributed by atoms with van der Waals surface area (Å²) >= 11 is 0. The number of halogens is 1. The molecular formula is C20H24FN5O2. The van der Waals surface area contributed by atoms with Crippen LogP contribution in [0.25, 0.3) is 0 Å². The average molecular weight is 385 g/mol. The first-order valence-electron chi connectivity index (χ1n) is 9.41. The second-order valence-electron chi connectivity index (χ2n) is 6.79. The lowest BCUT2D eigenvalue weighted by molar-refractivity contribution is -0.135.